The fourth-order valence-corrected chi connectivity index (χ4v) is 4.54. The minimum absolute atomic E-state index is 0.149. The van der Waals surface area contributed by atoms with Crippen LogP contribution >= 0.6 is 0 Å². The second-order valence-electron chi connectivity index (χ2n) is 5.34. The Morgan fingerprint density at radius 2 is 1.81 bits per heavy atom. The largest absolute Gasteiger partial charge is 0.469 e. The predicted molar refractivity (Wildman–Crippen MR) is 82.4 cm³/mol. The molecule has 2 atom stereocenters. The molecule has 21 heavy (non-hydrogen) atoms. The maximum atomic E-state index is 12.5. The van der Waals surface area contributed by atoms with Gasteiger partial charge in [0, 0.05) is 6.04 Å². The molecule has 5 nitrogen and oxygen atoms in total. The van der Waals surface area contributed by atoms with E-state index in [1.54, 1.807) is 0 Å². The Labute approximate surface area is 126 Å². The number of benzene rings is 1. The molecule has 2 N–H and O–H groups in total. The summed E-state index contributed by atoms with van der Waals surface area (Å²) in [5, 5.41) is -0.732. The van der Waals surface area contributed by atoms with Gasteiger partial charge in [0.25, 0.3) is 0 Å². The molecule has 0 aliphatic rings. The normalized spacial score (nSPS) is 14.7. The second-order valence-corrected chi connectivity index (χ2v) is 7.62. The first-order valence-corrected chi connectivity index (χ1v) is 8.60. The highest BCUT2D eigenvalue weighted by molar-refractivity contribution is 7.92. The number of hydrogen-bond donors (Lipinski definition) is 1. The lowest BCUT2D eigenvalue weighted by atomic mass is 9.97. The van der Waals surface area contributed by atoms with Gasteiger partial charge in [-0.15, -0.1) is 0 Å². The first-order valence-electron chi connectivity index (χ1n) is 6.88. The topological polar surface area (TPSA) is 86.5 Å². The van der Waals surface area contributed by atoms with Gasteiger partial charge < -0.3 is 10.5 Å². The van der Waals surface area contributed by atoms with Crippen LogP contribution in [0.25, 0.3) is 0 Å². The third kappa shape index (κ3) is 4.82. The fraction of sp³-hybridized carbons (Fsp3) is 0.533. The van der Waals surface area contributed by atoms with Crippen LogP contribution in [0.2, 0.25) is 0 Å². The Bertz CT molecular complexity index is 554. The van der Waals surface area contributed by atoms with Gasteiger partial charge in [0.1, 0.15) is 0 Å². The number of ether oxygens (including phenoxy) is 1. The van der Waals surface area contributed by atoms with Crippen LogP contribution in [0.1, 0.15) is 31.9 Å². The summed E-state index contributed by atoms with van der Waals surface area (Å²) in [6.07, 6.45) is -0.149. The van der Waals surface area contributed by atoms with Crippen molar-refractivity contribution in [3.8, 4) is 0 Å². The Morgan fingerprint density at radius 1 is 1.24 bits per heavy atom. The predicted octanol–water partition coefficient (Wildman–Crippen LogP) is 1.69. The zero-order valence-electron chi connectivity index (χ0n) is 12.7. The number of carbonyl (C=O) groups excluding carboxylic acids is 1. The summed E-state index contributed by atoms with van der Waals surface area (Å²) in [5.41, 5.74) is 6.95. The molecule has 0 radical (unpaired) electrons. The molecule has 1 aromatic rings. The molecule has 0 bridgehead atoms. The molecular formula is C15H23NO4S. The molecule has 0 aliphatic carbocycles. The first kappa shape index (κ1) is 17.7. The first-order chi connectivity index (χ1) is 9.79. The van der Waals surface area contributed by atoms with Crippen molar-refractivity contribution in [2.45, 2.75) is 31.6 Å². The number of nitrogens with two attached hydrogens (primary N) is 1. The second kappa shape index (κ2) is 7.56. The summed E-state index contributed by atoms with van der Waals surface area (Å²) in [7, 11) is -2.26. The number of esters is 1. The van der Waals surface area contributed by atoms with E-state index >= 15 is 0 Å². The molecule has 0 spiro atoms. The molecule has 2 unspecified atom stereocenters. The van der Waals surface area contributed by atoms with Crippen molar-refractivity contribution in [1.82, 2.24) is 0 Å². The maximum Gasteiger partial charge on any atom is 0.306 e. The molecule has 0 aliphatic heterocycles. The van der Waals surface area contributed by atoms with E-state index in [2.05, 4.69) is 4.74 Å². The minimum Gasteiger partial charge on any atom is -0.469 e. The monoisotopic (exact) mass is 313 g/mol. The van der Waals surface area contributed by atoms with Gasteiger partial charge in [-0.3, -0.25) is 4.79 Å². The van der Waals surface area contributed by atoms with E-state index in [1.165, 1.54) is 7.11 Å². The summed E-state index contributed by atoms with van der Waals surface area (Å²) < 4.78 is 29.5. The molecule has 0 heterocycles. The molecule has 1 rings (SSSR count). The van der Waals surface area contributed by atoms with Crippen LogP contribution < -0.4 is 5.73 Å². The van der Waals surface area contributed by atoms with E-state index in [0.717, 1.165) is 5.56 Å². The zero-order valence-corrected chi connectivity index (χ0v) is 13.5. The maximum absolute atomic E-state index is 12.5. The van der Waals surface area contributed by atoms with Gasteiger partial charge in [-0.2, -0.15) is 0 Å². The van der Waals surface area contributed by atoms with Crippen molar-refractivity contribution in [2.24, 2.45) is 11.7 Å². The highest BCUT2D eigenvalue weighted by atomic mass is 32.2. The molecule has 0 aromatic heterocycles. The Morgan fingerprint density at radius 3 is 2.29 bits per heavy atom. The van der Waals surface area contributed by atoms with Gasteiger partial charge in [-0.05, 0) is 11.5 Å². The van der Waals surface area contributed by atoms with E-state index in [1.807, 2.05) is 44.2 Å². The fourth-order valence-electron chi connectivity index (χ4n) is 2.38. The van der Waals surface area contributed by atoms with E-state index in [0.29, 0.717) is 0 Å². The average molecular weight is 313 g/mol. The lowest BCUT2D eigenvalue weighted by Crippen LogP contribution is -2.39. The van der Waals surface area contributed by atoms with Crippen LogP contribution in [0.15, 0.2) is 30.3 Å². The van der Waals surface area contributed by atoms with Crippen LogP contribution in [0.3, 0.4) is 0 Å². The number of sulfone groups is 1. The van der Waals surface area contributed by atoms with Crippen molar-refractivity contribution >= 4 is 15.8 Å². The van der Waals surface area contributed by atoms with Crippen molar-refractivity contribution < 1.29 is 17.9 Å². The van der Waals surface area contributed by atoms with Crippen LogP contribution in [0, 0.1) is 5.92 Å². The van der Waals surface area contributed by atoms with Gasteiger partial charge in [-0.25, -0.2) is 8.42 Å². The number of methoxy groups -OCH3 is 1. The number of carbonyl (C=O) groups is 1. The Balaban J connectivity index is 2.98. The van der Waals surface area contributed by atoms with Gasteiger partial charge in [0.2, 0.25) is 0 Å². The van der Waals surface area contributed by atoms with Crippen molar-refractivity contribution in [3.05, 3.63) is 35.9 Å². The Kier molecular flexibility index (Phi) is 6.36. The molecule has 0 saturated heterocycles. The summed E-state index contributed by atoms with van der Waals surface area (Å²) in [6.45, 7) is 3.65. The summed E-state index contributed by atoms with van der Waals surface area (Å²) in [4.78, 5) is 11.2. The molecular weight excluding hydrogens is 290 g/mol. The standard InChI is InChI=1S/C15H23NO4S/c1-11(2)15(14(16)12-7-5-4-6-8-12)21(18,19)10-9-13(17)20-3/h4-8,11,14-15H,9-10,16H2,1-3H3. The quantitative estimate of drug-likeness (QED) is 0.774. The van der Waals surface area contributed by atoms with Crippen LogP contribution in [0.4, 0.5) is 0 Å². The molecule has 0 fully saturated rings. The van der Waals surface area contributed by atoms with Gasteiger partial charge in [0.15, 0.2) is 9.84 Å². The van der Waals surface area contributed by atoms with Gasteiger partial charge >= 0.3 is 5.97 Å². The van der Waals surface area contributed by atoms with E-state index < -0.39 is 27.1 Å². The van der Waals surface area contributed by atoms with Crippen molar-refractivity contribution in [2.75, 3.05) is 12.9 Å². The number of hydrogen-bond acceptors (Lipinski definition) is 5. The zero-order chi connectivity index (χ0) is 16.0. The average Bonchev–Trinajstić information content (AvgIpc) is 2.45. The molecule has 1 aromatic carbocycles. The highest BCUT2D eigenvalue weighted by Crippen LogP contribution is 2.27. The van der Waals surface area contributed by atoms with E-state index in [9.17, 15) is 13.2 Å². The van der Waals surface area contributed by atoms with Gasteiger partial charge in [0.05, 0.1) is 24.5 Å². The van der Waals surface area contributed by atoms with Crippen molar-refractivity contribution in [1.29, 1.82) is 0 Å². The molecule has 0 saturated carbocycles. The summed E-state index contributed by atoms with van der Waals surface area (Å²) in [5.74, 6) is -0.930. The highest BCUT2D eigenvalue weighted by Gasteiger charge is 2.35. The minimum atomic E-state index is -3.50. The summed E-state index contributed by atoms with van der Waals surface area (Å²) in [6, 6.07) is 8.52. The third-order valence-corrected chi connectivity index (χ3v) is 5.87. The lowest BCUT2D eigenvalue weighted by molar-refractivity contribution is -0.140. The van der Waals surface area contributed by atoms with Crippen LogP contribution in [0.5, 0.6) is 0 Å². The number of rotatable bonds is 7. The van der Waals surface area contributed by atoms with Crippen LogP contribution in [-0.2, 0) is 19.4 Å². The molecule has 118 valence electrons. The lowest BCUT2D eigenvalue weighted by Gasteiger charge is -2.27. The summed E-state index contributed by atoms with van der Waals surface area (Å²) >= 11 is 0. The Hall–Kier alpha value is -1.40. The van der Waals surface area contributed by atoms with Gasteiger partial charge in [-0.1, -0.05) is 44.2 Å². The third-order valence-electron chi connectivity index (χ3n) is 3.43. The van der Waals surface area contributed by atoms with E-state index in [-0.39, 0.29) is 18.1 Å². The van der Waals surface area contributed by atoms with Crippen molar-refractivity contribution in [3.63, 3.8) is 0 Å². The van der Waals surface area contributed by atoms with E-state index in [4.69, 9.17) is 5.73 Å². The smallest absolute Gasteiger partial charge is 0.306 e. The van der Waals surface area contributed by atoms with Crippen LogP contribution in [-0.4, -0.2) is 32.5 Å². The molecule has 0 amide bonds. The SMILES string of the molecule is COC(=O)CCS(=O)(=O)C(C(C)C)C(N)c1ccccc1. The molecule has 6 heteroatoms.